The average molecular weight is 361 g/mol. The molecule has 1 aliphatic rings. The zero-order valence-electron chi connectivity index (χ0n) is 12.1. The van der Waals surface area contributed by atoms with Gasteiger partial charge in [-0.2, -0.15) is 4.31 Å². The summed E-state index contributed by atoms with van der Waals surface area (Å²) in [5.74, 6) is 0.578. The van der Waals surface area contributed by atoms with E-state index in [9.17, 15) is 8.42 Å². The highest BCUT2D eigenvalue weighted by atomic mass is 79.9. The van der Waals surface area contributed by atoms with E-state index in [1.54, 1.807) is 16.6 Å². The lowest BCUT2D eigenvalue weighted by atomic mass is 9.76. The summed E-state index contributed by atoms with van der Waals surface area (Å²) >= 11 is 3.27. The topological polar surface area (TPSA) is 50.3 Å². The number of hydrogen-bond donors (Lipinski definition) is 0. The van der Waals surface area contributed by atoms with Gasteiger partial charge in [-0.25, -0.2) is 8.42 Å². The first kappa shape index (κ1) is 15.9. The highest BCUT2D eigenvalue weighted by Crippen LogP contribution is 2.35. The van der Waals surface area contributed by atoms with Crippen LogP contribution in [0.1, 0.15) is 33.6 Å². The number of piperidine rings is 1. The van der Waals surface area contributed by atoms with Crippen molar-refractivity contribution in [3.63, 3.8) is 0 Å². The Hall–Kier alpha value is -0.460. The molecule has 0 aliphatic carbocycles. The molecule has 20 heavy (non-hydrogen) atoms. The molecule has 0 saturated carbocycles. The Morgan fingerprint density at radius 3 is 2.35 bits per heavy atom. The van der Waals surface area contributed by atoms with Crippen molar-refractivity contribution in [2.75, 3.05) is 13.1 Å². The van der Waals surface area contributed by atoms with Gasteiger partial charge in [0, 0.05) is 30.0 Å². The Labute approximate surface area is 129 Å². The van der Waals surface area contributed by atoms with Gasteiger partial charge in [0.2, 0.25) is 10.0 Å². The second-order valence-corrected chi connectivity index (χ2v) is 9.24. The van der Waals surface area contributed by atoms with Crippen LogP contribution >= 0.6 is 15.9 Å². The first-order chi connectivity index (χ1) is 9.21. The van der Waals surface area contributed by atoms with Crippen molar-refractivity contribution in [2.24, 2.45) is 11.3 Å². The van der Waals surface area contributed by atoms with Crippen molar-refractivity contribution < 1.29 is 8.42 Å². The van der Waals surface area contributed by atoms with E-state index >= 15 is 0 Å². The third kappa shape index (κ3) is 3.40. The lowest BCUT2D eigenvalue weighted by Crippen LogP contribution is -2.41. The second-order valence-electron chi connectivity index (χ2n) is 6.38. The Kier molecular flexibility index (Phi) is 4.56. The van der Waals surface area contributed by atoms with Crippen LogP contribution < -0.4 is 0 Å². The molecule has 1 fully saturated rings. The van der Waals surface area contributed by atoms with E-state index in [1.165, 1.54) is 6.20 Å². The van der Waals surface area contributed by atoms with Gasteiger partial charge >= 0.3 is 0 Å². The van der Waals surface area contributed by atoms with Crippen molar-refractivity contribution in [3.8, 4) is 0 Å². The third-order valence-electron chi connectivity index (χ3n) is 4.00. The van der Waals surface area contributed by atoms with Crippen molar-refractivity contribution in [1.82, 2.24) is 9.29 Å². The van der Waals surface area contributed by atoms with Crippen LogP contribution in [0.4, 0.5) is 0 Å². The summed E-state index contributed by atoms with van der Waals surface area (Å²) in [6.45, 7) is 7.85. The van der Waals surface area contributed by atoms with Crippen LogP contribution in [-0.4, -0.2) is 30.8 Å². The normalized spacial score (nSPS) is 19.2. The minimum Gasteiger partial charge on any atom is -0.262 e. The number of halogens is 1. The van der Waals surface area contributed by atoms with Gasteiger partial charge < -0.3 is 0 Å². The predicted octanol–water partition coefficient (Wildman–Crippen LogP) is 3.29. The maximum absolute atomic E-state index is 12.6. The summed E-state index contributed by atoms with van der Waals surface area (Å²) in [5, 5.41) is 0. The zero-order valence-corrected chi connectivity index (χ0v) is 14.5. The molecule has 0 aromatic carbocycles. The summed E-state index contributed by atoms with van der Waals surface area (Å²) in [6, 6.07) is 1.61. The van der Waals surface area contributed by atoms with E-state index in [0.29, 0.717) is 23.5 Å². The molecule has 1 aliphatic heterocycles. The van der Waals surface area contributed by atoms with E-state index in [2.05, 4.69) is 41.7 Å². The molecule has 2 heterocycles. The van der Waals surface area contributed by atoms with E-state index in [0.717, 1.165) is 12.8 Å². The predicted molar refractivity (Wildman–Crippen MR) is 82.9 cm³/mol. The molecule has 112 valence electrons. The average Bonchev–Trinajstić information content (AvgIpc) is 2.38. The monoisotopic (exact) mass is 360 g/mol. The largest absolute Gasteiger partial charge is 0.262 e. The zero-order chi connectivity index (χ0) is 15.0. The molecule has 0 bridgehead atoms. The molecule has 1 aromatic heterocycles. The minimum absolute atomic E-state index is 0.243. The van der Waals surface area contributed by atoms with Gasteiger partial charge in [0.05, 0.1) is 0 Å². The number of hydrogen-bond acceptors (Lipinski definition) is 3. The van der Waals surface area contributed by atoms with Crippen LogP contribution in [-0.2, 0) is 10.0 Å². The van der Waals surface area contributed by atoms with Gasteiger partial charge in [-0.1, -0.05) is 20.8 Å². The first-order valence-electron chi connectivity index (χ1n) is 6.82. The molecule has 0 radical (unpaired) electrons. The van der Waals surface area contributed by atoms with E-state index < -0.39 is 10.0 Å². The van der Waals surface area contributed by atoms with Gasteiger partial charge in [-0.3, -0.25) is 4.98 Å². The SMILES string of the molecule is CC(C)(C)C1CCN(S(=O)(=O)c2cncc(Br)c2)CC1. The highest BCUT2D eigenvalue weighted by molar-refractivity contribution is 9.10. The van der Waals surface area contributed by atoms with Crippen molar-refractivity contribution >= 4 is 26.0 Å². The molecule has 6 heteroatoms. The fourth-order valence-corrected chi connectivity index (χ4v) is 4.62. The van der Waals surface area contributed by atoms with Gasteiger partial charge in [0.1, 0.15) is 4.90 Å². The molecule has 2 rings (SSSR count). The fourth-order valence-electron chi connectivity index (χ4n) is 2.64. The van der Waals surface area contributed by atoms with Crippen LogP contribution in [0.15, 0.2) is 27.8 Å². The standard InChI is InChI=1S/C14H21BrN2O2S/c1-14(2,3)11-4-6-17(7-5-11)20(18,19)13-8-12(15)9-16-10-13/h8-11H,4-7H2,1-3H3. The maximum Gasteiger partial charge on any atom is 0.244 e. The van der Waals surface area contributed by atoms with Crippen LogP contribution in [0.5, 0.6) is 0 Å². The molecule has 4 nitrogen and oxygen atoms in total. The van der Waals surface area contributed by atoms with Crippen LogP contribution in [0.3, 0.4) is 0 Å². The van der Waals surface area contributed by atoms with E-state index in [-0.39, 0.29) is 10.3 Å². The molecule has 0 amide bonds. The summed E-state index contributed by atoms with van der Waals surface area (Å²) in [6.07, 6.45) is 4.84. The molecule has 0 unspecified atom stereocenters. The van der Waals surface area contributed by atoms with Crippen molar-refractivity contribution in [3.05, 3.63) is 22.9 Å². The van der Waals surface area contributed by atoms with Gasteiger partial charge in [-0.05, 0) is 46.2 Å². The molecule has 0 spiro atoms. The summed E-state index contributed by atoms with van der Waals surface area (Å²) in [4.78, 5) is 4.21. The van der Waals surface area contributed by atoms with E-state index in [1.807, 2.05) is 0 Å². The van der Waals surface area contributed by atoms with E-state index in [4.69, 9.17) is 0 Å². The molecular formula is C14H21BrN2O2S. The number of aromatic nitrogens is 1. The first-order valence-corrected chi connectivity index (χ1v) is 9.05. The Morgan fingerprint density at radius 2 is 1.85 bits per heavy atom. The van der Waals surface area contributed by atoms with Crippen molar-refractivity contribution in [1.29, 1.82) is 0 Å². The lowest BCUT2D eigenvalue weighted by Gasteiger charge is -2.38. The smallest absolute Gasteiger partial charge is 0.244 e. The molecule has 0 N–H and O–H groups in total. The van der Waals surface area contributed by atoms with Crippen LogP contribution in [0.25, 0.3) is 0 Å². The molecule has 0 atom stereocenters. The Balaban J connectivity index is 2.14. The fraction of sp³-hybridized carbons (Fsp3) is 0.643. The van der Waals surface area contributed by atoms with Gasteiger partial charge in [-0.15, -0.1) is 0 Å². The second kappa shape index (κ2) is 5.73. The summed E-state index contributed by atoms with van der Waals surface area (Å²) in [5.41, 5.74) is 0.243. The lowest BCUT2D eigenvalue weighted by molar-refractivity contribution is 0.154. The number of pyridine rings is 1. The van der Waals surface area contributed by atoms with Crippen molar-refractivity contribution in [2.45, 2.75) is 38.5 Å². The summed E-state index contributed by atoms with van der Waals surface area (Å²) < 4.78 is 27.4. The molecule has 1 saturated heterocycles. The summed E-state index contributed by atoms with van der Waals surface area (Å²) in [7, 11) is -3.41. The molecular weight excluding hydrogens is 340 g/mol. The van der Waals surface area contributed by atoms with Gasteiger partial charge in [0.15, 0.2) is 0 Å². The minimum atomic E-state index is -3.41. The maximum atomic E-state index is 12.6. The number of nitrogens with zero attached hydrogens (tertiary/aromatic N) is 2. The number of rotatable bonds is 2. The van der Waals surface area contributed by atoms with Gasteiger partial charge in [0.25, 0.3) is 0 Å². The Morgan fingerprint density at radius 1 is 1.25 bits per heavy atom. The highest BCUT2D eigenvalue weighted by Gasteiger charge is 2.34. The third-order valence-corrected chi connectivity index (χ3v) is 6.29. The van der Waals surface area contributed by atoms with Crippen LogP contribution in [0.2, 0.25) is 0 Å². The number of sulfonamides is 1. The Bertz CT molecular complexity index is 573. The van der Waals surface area contributed by atoms with Crippen LogP contribution in [0, 0.1) is 11.3 Å². The quantitative estimate of drug-likeness (QED) is 0.812. The molecule has 1 aromatic rings.